The smallest absolute Gasteiger partial charge is 0.258 e. The lowest BCUT2D eigenvalue weighted by molar-refractivity contribution is -0.110. The Hall–Kier alpha value is -3.48. The van der Waals surface area contributed by atoms with Gasteiger partial charge in [0.25, 0.3) is 5.91 Å². The zero-order valence-electron chi connectivity index (χ0n) is 18.3. The maximum Gasteiger partial charge on any atom is 0.258 e. The van der Waals surface area contributed by atoms with E-state index in [0.717, 1.165) is 29.8 Å². The maximum atomic E-state index is 13.8. The average molecular weight is 431 g/mol. The summed E-state index contributed by atoms with van der Waals surface area (Å²) in [5.74, 6) is -0.650. The molecule has 0 unspecified atom stereocenters. The average Bonchev–Trinajstić information content (AvgIpc) is 3.08. The van der Waals surface area contributed by atoms with Crippen molar-refractivity contribution in [1.29, 1.82) is 0 Å². The number of carbonyl (C=O) groups is 1. The summed E-state index contributed by atoms with van der Waals surface area (Å²) in [5, 5.41) is 6.25. The highest BCUT2D eigenvalue weighted by molar-refractivity contribution is 6.37. The number of amides is 1. The molecule has 1 aliphatic heterocycles. The number of carbonyl (C=O) groups excluding carboxylic acids is 1. The molecule has 0 aliphatic carbocycles. The summed E-state index contributed by atoms with van der Waals surface area (Å²) in [5.41, 5.74) is 12.1. The Morgan fingerprint density at radius 2 is 1.81 bits per heavy atom. The number of anilines is 2. The van der Waals surface area contributed by atoms with Gasteiger partial charge in [-0.25, -0.2) is 4.39 Å². The fourth-order valence-electron chi connectivity index (χ4n) is 3.92. The predicted octanol–water partition coefficient (Wildman–Crippen LogP) is 4.32. The minimum Gasteiger partial charge on any atom is -0.354 e. The van der Waals surface area contributed by atoms with Gasteiger partial charge in [0.1, 0.15) is 5.82 Å². The molecule has 3 aromatic carbocycles. The van der Waals surface area contributed by atoms with Crippen LogP contribution >= 0.6 is 0 Å². The normalized spacial score (nSPS) is 14.3. The summed E-state index contributed by atoms with van der Waals surface area (Å²) in [6.45, 7) is 1.38. The zero-order chi connectivity index (χ0) is 22.7. The number of fused-ring (bicyclic) bond motifs is 1. The number of nitrogens with zero attached hydrogens (tertiary/aromatic N) is 1. The molecule has 5 nitrogen and oxygen atoms in total. The van der Waals surface area contributed by atoms with Gasteiger partial charge in [0, 0.05) is 17.8 Å². The topological polar surface area (TPSA) is 70.4 Å². The van der Waals surface area contributed by atoms with Gasteiger partial charge in [0.15, 0.2) is 0 Å². The number of nitrogens with one attached hydrogen (secondary N) is 2. The van der Waals surface area contributed by atoms with Gasteiger partial charge in [-0.05, 0) is 80.1 Å². The number of hydrogen-bond donors (Lipinski definition) is 3. The van der Waals surface area contributed by atoms with E-state index < -0.39 is 0 Å². The summed E-state index contributed by atoms with van der Waals surface area (Å²) >= 11 is 0. The first-order chi connectivity index (χ1) is 15.4. The van der Waals surface area contributed by atoms with Gasteiger partial charge >= 0.3 is 0 Å². The lowest BCUT2D eigenvalue weighted by atomic mass is 9.98. The van der Waals surface area contributed by atoms with Crippen molar-refractivity contribution in [2.75, 3.05) is 31.3 Å². The van der Waals surface area contributed by atoms with Gasteiger partial charge in [-0.15, -0.1) is 0 Å². The van der Waals surface area contributed by atoms with Gasteiger partial charge in [-0.3, -0.25) is 4.79 Å². The molecule has 0 spiro atoms. The summed E-state index contributed by atoms with van der Waals surface area (Å²) in [4.78, 5) is 15.1. The van der Waals surface area contributed by atoms with Crippen molar-refractivity contribution in [2.45, 2.75) is 13.0 Å². The Kier molecular flexibility index (Phi) is 6.35. The molecule has 6 heteroatoms. The molecule has 1 amide bonds. The summed E-state index contributed by atoms with van der Waals surface area (Å²) < 4.78 is 13.8. The first-order valence-corrected chi connectivity index (χ1v) is 10.6. The molecule has 4 rings (SSSR count). The van der Waals surface area contributed by atoms with E-state index in [1.54, 1.807) is 6.07 Å². The van der Waals surface area contributed by atoms with Crippen molar-refractivity contribution in [3.63, 3.8) is 0 Å². The molecule has 1 aliphatic rings. The molecular weight excluding hydrogens is 403 g/mol. The molecule has 1 heterocycles. The summed E-state index contributed by atoms with van der Waals surface area (Å²) in [6, 6.07) is 20.5. The first-order valence-electron chi connectivity index (χ1n) is 10.6. The molecule has 0 atom stereocenters. The van der Waals surface area contributed by atoms with Crippen LogP contribution in [0.25, 0.3) is 11.3 Å². The van der Waals surface area contributed by atoms with Crippen molar-refractivity contribution in [1.82, 2.24) is 4.90 Å². The van der Waals surface area contributed by atoms with Crippen LogP contribution in [0.2, 0.25) is 0 Å². The molecule has 0 saturated carbocycles. The van der Waals surface area contributed by atoms with Crippen LogP contribution in [-0.4, -0.2) is 31.4 Å². The zero-order valence-corrected chi connectivity index (χ0v) is 18.3. The first kappa shape index (κ1) is 21.7. The highest BCUT2D eigenvalue weighted by Gasteiger charge is 2.29. The molecule has 164 valence electrons. The van der Waals surface area contributed by atoms with Crippen LogP contribution in [0.3, 0.4) is 0 Å². The van der Waals surface area contributed by atoms with E-state index in [0.29, 0.717) is 29.1 Å². The Morgan fingerprint density at radius 1 is 1.03 bits per heavy atom. The second kappa shape index (κ2) is 9.34. The van der Waals surface area contributed by atoms with E-state index in [-0.39, 0.29) is 11.7 Å². The van der Waals surface area contributed by atoms with Crippen LogP contribution < -0.4 is 16.4 Å². The number of rotatable bonds is 7. The lowest BCUT2D eigenvalue weighted by Gasteiger charge is -2.16. The Labute approximate surface area is 187 Å². The van der Waals surface area contributed by atoms with Crippen LogP contribution in [-0.2, 0) is 17.8 Å². The third kappa shape index (κ3) is 4.72. The second-order valence-corrected chi connectivity index (χ2v) is 8.19. The molecule has 0 saturated heterocycles. The molecule has 0 radical (unpaired) electrons. The van der Waals surface area contributed by atoms with E-state index in [2.05, 4.69) is 27.7 Å². The van der Waals surface area contributed by atoms with Crippen LogP contribution in [0.15, 0.2) is 66.7 Å². The summed E-state index contributed by atoms with van der Waals surface area (Å²) in [6.07, 6.45) is 0.740. The van der Waals surface area contributed by atoms with Crippen molar-refractivity contribution >= 4 is 28.6 Å². The van der Waals surface area contributed by atoms with Crippen LogP contribution in [0.5, 0.6) is 0 Å². The lowest BCUT2D eigenvalue weighted by Crippen LogP contribution is -2.11. The van der Waals surface area contributed by atoms with E-state index in [1.807, 2.05) is 50.5 Å². The number of nitrogens with two attached hydrogens (primary N) is 1. The summed E-state index contributed by atoms with van der Waals surface area (Å²) in [7, 11) is 4.06. The molecule has 4 N–H and O–H groups in total. The third-order valence-corrected chi connectivity index (χ3v) is 5.35. The largest absolute Gasteiger partial charge is 0.354 e. The van der Waals surface area contributed by atoms with E-state index >= 15 is 0 Å². The molecule has 32 heavy (non-hydrogen) atoms. The Morgan fingerprint density at radius 3 is 2.53 bits per heavy atom. The fourth-order valence-corrected chi connectivity index (χ4v) is 3.92. The quantitative estimate of drug-likeness (QED) is 0.488. The molecular formula is C26H27FN4O. The van der Waals surface area contributed by atoms with E-state index in [1.165, 1.54) is 17.7 Å². The predicted molar refractivity (Wildman–Crippen MR) is 128 cm³/mol. The maximum absolute atomic E-state index is 13.8. The van der Waals surface area contributed by atoms with Gasteiger partial charge in [0.2, 0.25) is 0 Å². The number of halogens is 1. The molecule has 0 fully saturated rings. The number of hydrogen-bond acceptors (Lipinski definition) is 4. The highest BCUT2D eigenvalue weighted by atomic mass is 19.1. The standard InChI is InChI=1S/C26H27FN4O/c1-31(2)16-18-6-9-21(10-7-18)29-25(19-5-3-4-17(14-19)12-13-28)24-22-11-8-20(27)15-23(22)30-26(24)32/h3-11,14-15,29H,12-13,16,28H2,1-2H3,(H,30,32)/b25-24-. The van der Waals surface area contributed by atoms with Crippen molar-refractivity contribution in [2.24, 2.45) is 5.73 Å². The van der Waals surface area contributed by atoms with Gasteiger partial charge in [-0.2, -0.15) is 0 Å². The van der Waals surface area contributed by atoms with Crippen LogP contribution in [0.4, 0.5) is 15.8 Å². The molecule has 0 bridgehead atoms. The van der Waals surface area contributed by atoms with E-state index in [9.17, 15) is 9.18 Å². The minimum absolute atomic E-state index is 0.262. The third-order valence-electron chi connectivity index (χ3n) is 5.35. The Balaban J connectivity index is 1.81. The van der Waals surface area contributed by atoms with Crippen molar-refractivity contribution < 1.29 is 9.18 Å². The van der Waals surface area contributed by atoms with Gasteiger partial charge in [-0.1, -0.05) is 30.3 Å². The van der Waals surface area contributed by atoms with E-state index in [4.69, 9.17) is 5.73 Å². The highest BCUT2D eigenvalue weighted by Crippen LogP contribution is 2.38. The van der Waals surface area contributed by atoms with Gasteiger partial charge in [0.05, 0.1) is 17.0 Å². The fraction of sp³-hybridized carbons (Fsp3) is 0.192. The van der Waals surface area contributed by atoms with Gasteiger partial charge < -0.3 is 21.3 Å². The van der Waals surface area contributed by atoms with Crippen LogP contribution in [0, 0.1) is 5.82 Å². The SMILES string of the molecule is CN(C)Cc1ccc(N/C(=C2\C(=O)Nc3cc(F)ccc32)c2cccc(CCN)c2)cc1. The monoisotopic (exact) mass is 430 g/mol. The molecule has 3 aromatic rings. The minimum atomic E-state index is -0.388. The van der Waals surface area contributed by atoms with Crippen LogP contribution in [0.1, 0.15) is 22.3 Å². The second-order valence-electron chi connectivity index (χ2n) is 8.19. The Bertz CT molecular complexity index is 1170. The number of benzene rings is 3. The molecule has 0 aromatic heterocycles. The van der Waals surface area contributed by atoms with Crippen molar-refractivity contribution in [3.8, 4) is 0 Å². The van der Waals surface area contributed by atoms with Crippen molar-refractivity contribution in [3.05, 3.63) is 94.8 Å².